The van der Waals surface area contributed by atoms with Gasteiger partial charge in [-0.1, -0.05) is 35.9 Å². The molecule has 2 aromatic carbocycles. The van der Waals surface area contributed by atoms with E-state index in [0.29, 0.717) is 51.8 Å². The maximum absolute atomic E-state index is 13.9. The van der Waals surface area contributed by atoms with Gasteiger partial charge in [0, 0.05) is 34.0 Å². The average Bonchev–Trinajstić information content (AvgIpc) is 3.40. The van der Waals surface area contributed by atoms with Crippen LogP contribution in [0.25, 0.3) is 0 Å². The largest absolute Gasteiger partial charge is 0.493 e. The number of benzene rings is 2. The SMILES string of the molecule is COc1cccc([C@@H]2C(C(=O)OC3CCCC3)=C(C)NC3=C2C(=O)C[C@@H](c2ccc(Cl)cc2)C3)c1OC. The molecule has 7 heteroatoms. The van der Waals surface area contributed by atoms with Gasteiger partial charge in [-0.05, 0) is 68.7 Å². The number of allylic oxidation sites excluding steroid dienone is 3. The number of halogens is 1. The van der Waals surface area contributed by atoms with E-state index in [-0.39, 0.29) is 23.8 Å². The van der Waals surface area contributed by atoms with E-state index >= 15 is 0 Å². The predicted octanol–water partition coefficient (Wildman–Crippen LogP) is 6.20. The lowest BCUT2D eigenvalue weighted by Gasteiger charge is -2.37. The lowest BCUT2D eigenvalue weighted by Crippen LogP contribution is -2.36. The lowest BCUT2D eigenvalue weighted by molar-refractivity contribution is -0.144. The van der Waals surface area contributed by atoms with E-state index < -0.39 is 5.92 Å². The van der Waals surface area contributed by atoms with E-state index in [0.717, 1.165) is 36.9 Å². The van der Waals surface area contributed by atoms with Gasteiger partial charge in [0.1, 0.15) is 6.10 Å². The summed E-state index contributed by atoms with van der Waals surface area (Å²) >= 11 is 6.10. The van der Waals surface area contributed by atoms with E-state index in [2.05, 4.69) is 5.32 Å². The molecule has 2 aliphatic carbocycles. The highest BCUT2D eigenvalue weighted by Crippen LogP contribution is 2.49. The quantitative estimate of drug-likeness (QED) is 0.456. The minimum atomic E-state index is -0.617. The Bertz CT molecular complexity index is 1270. The van der Waals surface area contributed by atoms with Crippen molar-refractivity contribution in [3.8, 4) is 11.5 Å². The molecule has 0 amide bonds. The number of carbonyl (C=O) groups is 2. The molecule has 6 nitrogen and oxygen atoms in total. The normalized spacial score (nSPS) is 22.0. The monoisotopic (exact) mass is 521 g/mol. The highest BCUT2D eigenvalue weighted by atomic mass is 35.5. The number of para-hydroxylation sites is 1. The van der Waals surface area contributed by atoms with Crippen LogP contribution in [0.15, 0.2) is 65.0 Å². The molecule has 0 saturated heterocycles. The van der Waals surface area contributed by atoms with Gasteiger partial charge in [0.05, 0.1) is 25.7 Å². The number of rotatable bonds is 6. The van der Waals surface area contributed by atoms with Crippen molar-refractivity contribution in [2.24, 2.45) is 0 Å². The van der Waals surface area contributed by atoms with E-state index in [1.54, 1.807) is 14.2 Å². The molecule has 0 spiro atoms. The molecule has 1 aliphatic heterocycles. The molecule has 0 aromatic heterocycles. The first-order valence-electron chi connectivity index (χ1n) is 12.8. The minimum Gasteiger partial charge on any atom is -0.493 e. The molecule has 37 heavy (non-hydrogen) atoms. The Morgan fingerprint density at radius 3 is 2.41 bits per heavy atom. The van der Waals surface area contributed by atoms with Gasteiger partial charge in [-0.15, -0.1) is 0 Å². The molecular weight excluding hydrogens is 490 g/mol. The number of dihydropyridines is 1. The number of nitrogens with one attached hydrogen (secondary N) is 1. The highest BCUT2D eigenvalue weighted by molar-refractivity contribution is 6.30. The van der Waals surface area contributed by atoms with Crippen molar-refractivity contribution in [1.82, 2.24) is 5.32 Å². The summed E-state index contributed by atoms with van der Waals surface area (Å²) in [6, 6.07) is 13.2. The van der Waals surface area contributed by atoms with Crippen LogP contribution in [-0.4, -0.2) is 32.1 Å². The number of methoxy groups -OCH3 is 2. The predicted molar refractivity (Wildman–Crippen MR) is 142 cm³/mol. The van der Waals surface area contributed by atoms with Crippen LogP contribution < -0.4 is 14.8 Å². The van der Waals surface area contributed by atoms with Crippen molar-refractivity contribution >= 4 is 23.4 Å². The van der Waals surface area contributed by atoms with Crippen LogP contribution in [0, 0.1) is 0 Å². The topological polar surface area (TPSA) is 73.9 Å². The fourth-order valence-corrected chi connectivity index (χ4v) is 6.08. The minimum absolute atomic E-state index is 0.00207. The zero-order valence-corrected chi connectivity index (χ0v) is 22.2. The summed E-state index contributed by atoms with van der Waals surface area (Å²) in [5.74, 6) is 0.0743. The van der Waals surface area contributed by atoms with Gasteiger partial charge >= 0.3 is 5.97 Å². The summed E-state index contributed by atoms with van der Waals surface area (Å²) in [5, 5.41) is 4.08. The van der Waals surface area contributed by atoms with Gasteiger partial charge < -0.3 is 19.5 Å². The Morgan fingerprint density at radius 2 is 1.73 bits per heavy atom. The first-order chi connectivity index (χ1) is 17.9. The molecule has 1 heterocycles. The fraction of sp³-hybridized carbons (Fsp3) is 0.400. The molecule has 3 aliphatic rings. The van der Waals surface area contributed by atoms with E-state index in [1.807, 2.05) is 49.4 Å². The zero-order chi connectivity index (χ0) is 26.1. The molecule has 0 bridgehead atoms. The molecule has 5 rings (SSSR count). The summed E-state index contributed by atoms with van der Waals surface area (Å²) in [4.78, 5) is 27.5. The maximum Gasteiger partial charge on any atom is 0.337 e. The van der Waals surface area contributed by atoms with Crippen LogP contribution in [0.1, 0.15) is 68.4 Å². The van der Waals surface area contributed by atoms with E-state index in [4.69, 9.17) is 25.8 Å². The van der Waals surface area contributed by atoms with Crippen LogP contribution >= 0.6 is 11.6 Å². The Kier molecular flexibility index (Phi) is 7.29. The third kappa shape index (κ3) is 4.87. The van der Waals surface area contributed by atoms with Gasteiger partial charge in [-0.3, -0.25) is 4.79 Å². The summed E-state index contributed by atoms with van der Waals surface area (Å²) in [7, 11) is 3.15. The Hall–Kier alpha value is -3.25. The second-order valence-electron chi connectivity index (χ2n) is 9.96. The molecule has 1 fully saturated rings. The van der Waals surface area contributed by atoms with Crippen LogP contribution in [0.5, 0.6) is 11.5 Å². The number of esters is 1. The van der Waals surface area contributed by atoms with Gasteiger partial charge in [-0.2, -0.15) is 0 Å². The number of hydrogen-bond donors (Lipinski definition) is 1. The van der Waals surface area contributed by atoms with Crippen molar-refractivity contribution in [1.29, 1.82) is 0 Å². The molecule has 2 atom stereocenters. The van der Waals surface area contributed by atoms with Crippen LogP contribution in [0.4, 0.5) is 0 Å². The Morgan fingerprint density at radius 1 is 1.00 bits per heavy atom. The first-order valence-corrected chi connectivity index (χ1v) is 13.2. The number of hydrogen-bond acceptors (Lipinski definition) is 6. The summed E-state index contributed by atoms with van der Waals surface area (Å²) in [6.07, 6.45) is 4.75. The maximum atomic E-state index is 13.9. The van der Waals surface area contributed by atoms with E-state index in [1.165, 1.54) is 0 Å². The lowest BCUT2D eigenvalue weighted by atomic mass is 9.71. The van der Waals surface area contributed by atoms with Gasteiger partial charge in [0.25, 0.3) is 0 Å². The molecule has 1 saturated carbocycles. The average molecular weight is 522 g/mol. The van der Waals surface area contributed by atoms with Crippen molar-refractivity contribution in [3.05, 3.63) is 81.2 Å². The van der Waals surface area contributed by atoms with Crippen molar-refractivity contribution in [2.45, 2.75) is 63.4 Å². The molecule has 1 N–H and O–H groups in total. The van der Waals surface area contributed by atoms with Crippen LogP contribution in [0.2, 0.25) is 5.02 Å². The number of carbonyl (C=O) groups excluding carboxylic acids is 2. The standard InChI is InChI=1S/C30H32ClNO5/c1-17-26(30(34)37-21-7-4-5-8-21)27(22-9-6-10-25(35-2)29(22)36-3)28-23(32-17)15-19(16-24(28)33)18-11-13-20(31)14-12-18/h6,9-14,19,21,27,32H,4-5,7-8,15-16H2,1-3H3/t19-,27+/m0/s1. The van der Waals surface area contributed by atoms with Crippen LogP contribution in [-0.2, 0) is 14.3 Å². The van der Waals surface area contributed by atoms with Gasteiger partial charge in [-0.25, -0.2) is 4.79 Å². The number of ketones is 1. The Labute approximate surface area is 222 Å². The highest BCUT2D eigenvalue weighted by Gasteiger charge is 2.43. The third-order valence-corrected chi connectivity index (χ3v) is 7.96. The van der Waals surface area contributed by atoms with Crippen molar-refractivity contribution in [3.63, 3.8) is 0 Å². The molecule has 0 unspecified atom stereocenters. The second kappa shape index (κ2) is 10.6. The number of ether oxygens (including phenoxy) is 3. The summed E-state index contributed by atoms with van der Waals surface area (Å²) < 4.78 is 17.3. The van der Waals surface area contributed by atoms with Gasteiger partial charge in [0.15, 0.2) is 17.3 Å². The first kappa shape index (κ1) is 25.4. The molecule has 2 aromatic rings. The van der Waals surface area contributed by atoms with Crippen molar-refractivity contribution < 1.29 is 23.8 Å². The molecule has 194 valence electrons. The number of Topliss-reactive ketones (excluding diaryl/α,β-unsaturated/α-hetero) is 1. The smallest absolute Gasteiger partial charge is 0.337 e. The third-order valence-electron chi connectivity index (χ3n) is 7.71. The second-order valence-corrected chi connectivity index (χ2v) is 10.4. The van der Waals surface area contributed by atoms with Crippen LogP contribution in [0.3, 0.4) is 0 Å². The molecular formula is C30H32ClNO5. The zero-order valence-electron chi connectivity index (χ0n) is 21.4. The Balaban J connectivity index is 1.60. The fourth-order valence-electron chi connectivity index (χ4n) is 5.95. The summed E-state index contributed by atoms with van der Waals surface area (Å²) in [6.45, 7) is 1.88. The van der Waals surface area contributed by atoms with Crippen molar-refractivity contribution in [2.75, 3.05) is 14.2 Å². The van der Waals surface area contributed by atoms with E-state index in [9.17, 15) is 9.59 Å². The molecule has 0 radical (unpaired) electrons. The summed E-state index contributed by atoms with van der Waals surface area (Å²) in [5.41, 5.74) is 4.36. The van der Waals surface area contributed by atoms with Gasteiger partial charge in [0.2, 0.25) is 0 Å².